The van der Waals surface area contributed by atoms with Gasteiger partial charge in [-0.25, -0.2) is 0 Å². The molecule has 2 unspecified atom stereocenters. The molecule has 0 spiro atoms. The molecule has 1 aliphatic heterocycles. The van der Waals surface area contributed by atoms with Crippen molar-refractivity contribution in [3.8, 4) is 0 Å². The third-order valence-electron chi connectivity index (χ3n) is 5.36. The van der Waals surface area contributed by atoms with Crippen LogP contribution in [0.5, 0.6) is 0 Å². The summed E-state index contributed by atoms with van der Waals surface area (Å²) in [6, 6.07) is 9.96. The second-order valence-electron chi connectivity index (χ2n) is 6.88. The van der Waals surface area contributed by atoms with Gasteiger partial charge in [0.05, 0.1) is 0 Å². The predicted octanol–water partition coefficient (Wildman–Crippen LogP) is 4.35. The first-order valence-corrected chi connectivity index (χ1v) is 8.92. The predicted molar refractivity (Wildman–Crippen MR) is 90.8 cm³/mol. The average molecular weight is 286 g/mol. The number of nitrogens with zero attached hydrogens (tertiary/aromatic N) is 1. The lowest BCUT2D eigenvalue weighted by Gasteiger charge is -2.29. The van der Waals surface area contributed by atoms with Crippen LogP contribution in [0.2, 0.25) is 0 Å². The molecule has 2 fully saturated rings. The Morgan fingerprint density at radius 2 is 1.81 bits per heavy atom. The Labute approximate surface area is 129 Å². The standard InChI is InChI=1S/C19H30N2/c1-2-16-6-5-7-18(14-16)20-15-17-8-10-19(11-9-17)21-12-3-4-13-21/h8-11,16,18,20H,2-7,12-15H2,1H3. The highest BCUT2D eigenvalue weighted by Crippen LogP contribution is 2.27. The zero-order valence-corrected chi connectivity index (χ0v) is 13.5. The maximum atomic E-state index is 3.78. The molecule has 2 heteroatoms. The van der Waals surface area contributed by atoms with E-state index in [2.05, 4.69) is 41.4 Å². The van der Waals surface area contributed by atoms with Crippen molar-refractivity contribution in [2.75, 3.05) is 18.0 Å². The Morgan fingerprint density at radius 1 is 1.05 bits per heavy atom. The monoisotopic (exact) mass is 286 g/mol. The van der Waals surface area contributed by atoms with E-state index in [9.17, 15) is 0 Å². The molecule has 1 aromatic carbocycles. The van der Waals surface area contributed by atoms with Crippen molar-refractivity contribution in [1.82, 2.24) is 5.32 Å². The third-order valence-corrected chi connectivity index (χ3v) is 5.36. The topological polar surface area (TPSA) is 15.3 Å². The highest BCUT2D eigenvalue weighted by atomic mass is 15.1. The van der Waals surface area contributed by atoms with Crippen molar-refractivity contribution in [3.05, 3.63) is 29.8 Å². The SMILES string of the molecule is CCC1CCCC(NCc2ccc(N3CCCC3)cc2)C1. The van der Waals surface area contributed by atoms with E-state index in [1.54, 1.807) is 0 Å². The molecule has 0 amide bonds. The fourth-order valence-electron chi connectivity index (χ4n) is 3.91. The van der Waals surface area contributed by atoms with Gasteiger partial charge in [-0.2, -0.15) is 0 Å². The molecular formula is C19H30N2. The number of rotatable bonds is 5. The minimum atomic E-state index is 0.738. The first kappa shape index (κ1) is 14.9. The van der Waals surface area contributed by atoms with Gasteiger partial charge >= 0.3 is 0 Å². The first-order chi connectivity index (χ1) is 10.3. The number of benzene rings is 1. The molecule has 1 heterocycles. The molecule has 1 saturated heterocycles. The van der Waals surface area contributed by atoms with Gasteiger partial charge in [0.2, 0.25) is 0 Å². The molecule has 0 aromatic heterocycles. The van der Waals surface area contributed by atoms with E-state index in [4.69, 9.17) is 0 Å². The fraction of sp³-hybridized carbons (Fsp3) is 0.684. The third kappa shape index (κ3) is 4.00. The average Bonchev–Trinajstić information content (AvgIpc) is 3.08. The Bertz CT molecular complexity index is 420. The molecule has 2 atom stereocenters. The Hall–Kier alpha value is -1.02. The van der Waals surface area contributed by atoms with Crippen LogP contribution in [0.25, 0.3) is 0 Å². The minimum absolute atomic E-state index is 0.738. The Balaban J connectivity index is 1.48. The lowest BCUT2D eigenvalue weighted by Crippen LogP contribution is -2.33. The lowest BCUT2D eigenvalue weighted by atomic mass is 9.84. The number of hydrogen-bond donors (Lipinski definition) is 1. The maximum Gasteiger partial charge on any atom is 0.0366 e. The van der Waals surface area contributed by atoms with Crippen molar-refractivity contribution < 1.29 is 0 Å². The maximum absolute atomic E-state index is 3.78. The molecule has 2 nitrogen and oxygen atoms in total. The van der Waals surface area contributed by atoms with Crippen LogP contribution in [0.3, 0.4) is 0 Å². The Morgan fingerprint density at radius 3 is 2.52 bits per heavy atom. The van der Waals surface area contributed by atoms with E-state index in [0.29, 0.717) is 0 Å². The van der Waals surface area contributed by atoms with Crippen LogP contribution >= 0.6 is 0 Å². The summed E-state index contributed by atoms with van der Waals surface area (Å²) in [6.07, 6.45) is 9.64. The van der Waals surface area contributed by atoms with E-state index < -0.39 is 0 Å². The second kappa shape index (κ2) is 7.31. The van der Waals surface area contributed by atoms with Crippen LogP contribution in [0.15, 0.2) is 24.3 Å². The molecule has 1 saturated carbocycles. The molecule has 0 radical (unpaired) electrons. The summed E-state index contributed by atoms with van der Waals surface area (Å²) in [7, 11) is 0. The van der Waals surface area contributed by atoms with Gasteiger partial charge in [-0.3, -0.25) is 0 Å². The number of nitrogens with one attached hydrogen (secondary N) is 1. The van der Waals surface area contributed by atoms with E-state index in [1.807, 2.05) is 0 Å². The summed E-state index contributed by atoms with van der Waals surface area (Å²) in [5, 5.41) is 3.78. The molecule has 1 N–H and O–H groups in total. The minimum Gasteiger partial charge on any atom is -0.372 e. The second-order valence-corrected chi connectivity index (χ2v) is 6.88. The molecule has 21 heavy (non-hydrogen) atoms. The fourth-order valence-corrected chi connectivity index (χ4v) is 3.91. The normalized spacial score (nSPS) is 26.2. The van der Waals surface area contributed by atoms with Crippen LogP contribution < -0.4 is 10.2 Å². The van der Waals surface area contributed by atoms with E-state index in [-0.39, 0.29) is 0 Å². The molecule has 2 aliphatic rings. The van der Waals surface area contributed by atoms with Gasteiger partial charge in [0.1, 0.15) is 0 Å². The number of hydrogen-bond acceptors (Lipinski definition) is 2. The van der Waals surface area contributed by atoms with Crippen molar-refractivity contribution >= 4 is 5.69 Å². The van der Waals surface area contributed by atoms with Crippen molar-refractivity contribution in [2.24, 2.45) is 5.92 Å². The van der Waals surface area contributed by atoms with Crippen LogP contribution in [0.1, 0.15) is 57.4 Å². The van der Waals surface area contributed by atoms with E-state index in [0.717, 1.165) is 18.5 Å². The van der Waals surface area contributed by atoms with Crippen LogP contribution in [0.4, 0.5) is 5.69 Å². The van der Waals surface area contributed by atoms with Gasteiger partial charge in [-0.05, 0) is 49.3 Å². The summed E-state index contributed by atoms with van der Waals surface area (Å²) in [5.41, 5.74) is 2.83. The molecule has 1 aromatic rings. The first-order valence-electron chi connectivity index (χ1n) is 8.92. The van der Waals surface area contributed by atoms with Crippen LogP contribution in [0, 0.1) is 5.92 Å². The summed E-state index contributed by atoms with van der Waals surface area (Å²) < 4.78 is 0. The van der Waals surface area contributed by atoms with E-state index >= 15 is 0 Å². The smallest absolute Gasteiger partial charge is 0.0366 e. The van der Waals surface area contributed by atoms with Gasteiger partial charge in [-0.1, -0.05) is 38.3 Å². The van der Waals surface area contributed by atoms with Gasteiger partial charge in [-0.15, -0.1) is 0 Å². The molecular weight excluding hydrogens is 256 g/mol. The zero-order valence-electron chi connectivity index (χ0n) is 13.5. The molecule has 3 rings (SSSR count). The quantitative estimate of drug-likeness (QED) is 0.866. The van der Waals surface area contributed by atoms with Gasteiger partial charge in [0, 0.05) is 31.4 Å². The van der Waals surface area contributed by atoms with Gasteiger partial charge < -0.3 is 10.2 Å². The molecule has 1 aliphatic carbocycles. The van der Waals surface area contributed by atoms with Crippen molar-refractivity contribution in [2.45, 2.75) is 64.5 Å². The zero-order chi connectivity index (χ0) is 14.5. The largest absolute Gasteiger partial charge is 0.372 e. The highest BCUT2D eigenvalue weighted by molar-refractivity contribution is 5.48. The van der Waals surface area contributed by atoms with Gasteiger partial charge in [0.15, 0.2) is 0 Å². The Kier molecular flexibility index (Phi) is 5.18. The number of anilines is 1. The summed E-state index contributed by atoms with van der Waals surface area (Å²) in [5.74, 6) is 0.953. The van der Waals surface area contributed by atoms with Crippen LogP contribution in [-0.4, -0.2) is 19.1 Å². The summed E-state index contributed by atoms with van der Waals surface area (Å²) in [4.78, 5) is 2.50. The summed E-state index contributed by atoms with van der Waals surface area (Å²) >= 11 is 0. The molecule has 0 bridgehead atoms. The highest BCUT2D eigenvalue weighted by Gasteiger charge is 2.20. The van der Waals surface area contributed by atoms with Crippen molar-refractivity contribution in [1.29, 1.82) is 0 Å². The van der Waals surface area contributed by atoms with Crippen LogP contribution in [-0.2, 0) is 6.54 Å². The summed E-state index contributed by atoms with van der Waals surface area (Å²) in [6.45, 7) is 5.83. The van der Waals surface area contributed by atoms with Gasteiger partial charge in [0.25, 0.3) is 0 Å². The lowest BCUT2D eigenvalue weighted by molar-refractivity contribution is 0.278. The van der Waals surface area contributed by atoms with E-state index in [1.165, 1.54) is 69.3 Å². The van der Waals surface area contributed by atoms with Crippen molar-refractivity contribution in [3.63, 3.8) is 0 Å². The molecule has 116 valence electrons.